The molecule has 31 heavy (non-hydrogen) atoms. The van der Waals surface area contributed by atoms with Crippen LogP contribution in [0.1, 0.15) is 19.3 Å². The van der Waals surface area contributed by atoms with E-state index in [4.69, 9.17) is 11.6 Å². The Hall–Kier alpha value is -2.95. The van der Waals surface area contributed by atoms with Crippen LogP contribution in [0, 0.1) is 5.82 Å². The van der Waals surface area contributed by atoms with E-state index in [1.807, 2.05) is 0 Å². The normalized spacial score (nSPS) is 16.8. The maximum absolute atomic E-state index is 14.6. The van der Waals surface area contributed by atoms with Crippen LogP contribution >= 0.6 is 11.6 Å². The number of anilines is 1. The monoisotopic (exact) mass is 456 g/mol. The van der Waals surface area contributed by atoms with E-state index < -0.39 is 36.9 Å². The highest BCUT2D eigenvalue weighted by Crippen LogP contribution is 2.31. The number of nitrogens with one attached hydrogen (secondary N) is 2. The Morgan fingerprint density at radius 2 is 2.13 bits per heavy atom. The van der Waals surface area contributed by atoms with Crippen molar-refractivity contribution in [2.75, 3.05) is 18.0 Å². The molecule has 3 aromatic rings. The molecule has 0 aromatic carbocycles. The SMILES string of the molecule is O=C(NCCC(F)(F)F)[C@H]1CCCN1c1nc(-c2c[nH]c3ncc(Cl)cc23)ncc1F. The third kappa shape index (κ3) is 4.55. The molecule has 0 saturated carbocycles. The summed E-state index contributed by atoms with van der Waals surface area (Å²) in [5, 5.41) is 3.33. The number of rotatable bonds is 5. The number of aromatic amines is 1. The number of nitrogens with zero attached hydrogens (tertiary/aromatic N) is 4. The topological polar surface area (TPSA) is 86.8 Å². The molecule has 1 saturated heterocycles. The average Bonchev–Trinajstić information content (AvgIpc) is 3.34. The molecule has 2 N–H and O–H groups in total. The highest BCUT2D eigenvalue weighted by Gasteiger charge is 2.34. The van der Waals surface area contributed by atoms with Gasteiger partial charge in [-0.1, -0.05) is 11.6 Å². The van der Waals surface area contributed by atoms with Crippen LogP contribution < -0.4 is 10.2 Å². The number of hydrogen-bond acceptors (Lipinski definition) is 5. The summed E-state index contributed by atoms with van der Waals surface area (Å²) in [6.07, 6.45) is -0.441. The van der Waals surface area contributed by atoms with Gasteiger partial charge in [0.25, 0.3) is 0 Å². The fourth-order valence-corrected chi connectivity index (χ4v) is 3.75. The van der Waals surface area contributed by atoms with E-state index in [1.165, 1.54) is 11.1 Å². The van der Waals surface area contributed by atoms with Crippen LogP contribution in [0.15, 0.2) is 24.7 Å². The average molecular weight is 457 g/mol. The van der Waals surface area contributed by atoms with Gasteiger partial charge in [-0.2, -0.15) is 13.2 Å². The minimum absolute atomic E-state index is 0.0807. The van der Waals surface area contributed by atoms with Crippen molar-refractivity contribution in [2.24, 2.45) is 0 Å². The van der Waals surface area contributed by atoms with Gasteiger partial charge < -0.3 is 15.2 Å². The molecule has 4 rings (SSSR count). The standard InChI is InChI=1S/C19H17ClF4N6O/c20-10-6-11-12(8-27-15(11)26-7-10)16-28-9-13(21)17(29-16)30-5-1-2-14(30)18(31)25-4-3-19(22,23)24/h6-9,14H,1-5H2,(H,25,31)(H,26,27)/t14-/m1/s1. The molecule has 0 unspecified atom stereocenters. The number of hydrogen-bond donors (Lipinski definition) is 2. The maximum Gasteiger partial charge on any atom is 0.390 e. The zero-order chi connectivity index (χ0) is 22.2. The van der Waals surface area contributed by atoms with Crippen molar-refractivity contribution in [3.63, 3.8) is 0 Å². The molecular formula is C19H17ClF4N6O. The smallest absolute Gasteiger partial charge is 0.354 e. The minimum Gasteiger partial charge on any atom is -0.354 e. The lowest BCUT2D eigenvalue weighted by molar-refractivity contribution is -0.135. The van der Waals surface area contributed by atoms with Crippen LogP contribution in [-0.4, -0.2) is 51.2 Å². The van der Waals surface area contributed by atoms with E-state index in [0.29, 0.717) is 41.0 Å². The first-order valence-corrected chi connectivity index (χ1v) is 9.87. The molecule has 1 fully saturated rings. The van der Waals surface area contributed by atoms with Crippen LogP contribution in [0.4, 0.5) is 23.4 Å². The molecule has 164 valence electrons. The molecule has 7 nitrogen and oxygen atoms in total. The fourth-order valence-electron chi connectivity index (χ4n) is 3.59. The Morgan fingerprint density at radius 3 is 2.90 bits per heavy atom. The van der Waals surface area contributed by atoms with E-state index >= 15 is 0 Å². The van der Waals surface area contributed by atoms with Gasteiger partial charge in [-0.25, -0.2) is 19.3 Å². The molecule has 1 atom stereocenters. The Morgan fingerprint density at radius 1 is 1.32 bits per heavy atom. The number of fused-ring (bicyclic) bond motifs is 1. The van der Waals surface area contributed by atoms with Crippen molar-refractivity contribution in [3.8, 4) is 11.4 Å². The molecule has 12 heteroatoms. The maximum atomic E-state index is 14.6. The van der Waals surface area contributed by atoms with Gasteiger partial charge in [-0.15, -0.1) is 0 Å². The predicted molar refractivity (Wildman–Crippen MR) is 106 cm³/mol. The highest BCUT2D eigenvalue weighted by molar-refractivity contribution is 6.31. The molecule has 1 aliphatic rings. The Bertz CT molecular complexity index is 1120. The number of alkyl halides is 3. The quantitative estimate of drug-likeness (QED) is 0.569. The number of pyridine rings is 1. The molecule has 1 aliphatic heterocycles. The summed E-state index contributed by atoms with van der Waals surface area (Å²) in [7, 11) is 0. The Kier molecular flexibility index (Phi) is 5.69. The summed E-state index contributed by atoms with van der Waals surface area (Å²) in [6, 6.07) is 0.860. The van der Waals surface area contributed by atoms with E-state index in [2.05, 4.69) is 25.3 Å². The van der Waals surface area contributed by atoms with Gasteiger partial charge in [0, 0.05) is 36.4 Å². The summed E-state index contributed by atoms with van der Waals surface area (Å²) in [5.74, 6) is -1.20. The van der Waals surface area contributed by atoms with Crippen LogP contribution in [-0.2, 0) is 4.79 Å². The largest absolute Gasteiger partial charge is 0.390 e. The molecule has 0 aliphatic carbocycles. The lowest BCUT2D eigenvalue weighted by Gasteiger charge is -2.25. The van der Waals surface area contributed by atoms with Gasteiger partial charge in [-0.05, 0) is 18.9 Å². The lowest BCUT2D eigenvalue weighted by Crippen LogP contribution is -2.44. The van der Waals surface area contributed by atoms with Crippen molar-refractivity contribution < 1.29 is 22.4 Å². The minimum atomic E-state index is -4.37. The Balaban J connectivity index is 1.60. The van der Waals surface area contributed by atoms with E-state index in [9.17, 15) is 22.4 Å². The predicted octanol–water partition coefficient (Wildman–Crippen LogP) is 3.85. The number of carbonyl (C=O) groups excluding carboxylic acids is 1. The second-order valence-electron chi connectivity index (χ2n) is 7.12. The van der Waals surface area contributed by atoms with Gasteiger partial charge in [0.15, 0.2) is 17.5 Å². The fraction of sp³-hybridized carbons (Fsp3) is 0.368. The number of halogens is 5. The van der Waals surface area contributed by atoms with Gasteiger partial charge in [0.05, 0.1) is 17.6 Å². The van der Waals surface area contributed by atoms with Crippen molar-refractivity contribution in [1.82, 2.24) is 25.3 Å². The first-order chi connectivity index (χ1) is 14.7. The molecule has 0 radical (unpaired) electrons. The van der Waals surface area contributed by atoms with Crippen LogP contribution in [0.3, 0.4) is 0 Å². The van der Waals surface area contributed by atoms with Crippen molar-refractivity contribution in [3.05, 3.63) is 35.5 Å². The van der Waals surface area contributed by atoms with Crippen molar-refractivity contribution >= 4 is 34.4 Å². The number of carbonyl (C=O) groups is 1. The zero-order valence-electron chi connectivity index (χ0n) is 16.0. The summed E-state index contributed by atoms with van der Waals surface area (Å²) in [5.41, 5.74) is 1.11. The van der Waals surface area contributed by atoms with Gasteiger partial charge >= 0.3 is 6.18 Å². The Labute approximate surface area is 178 Å². The molecular weight excluding hydrogens is 440 g/mol. The van der Waals surface area contributed by atoms with E-state index in [1.54, 1.807) is 12.3 Å². The molecule has 4 heterocycles. The number of amides is 1. The summed E-state index contributed by atoms with van der Waals surface area (Å²) >= 11 is 6.02. The number of H-pyrrole nitrogens is 1. The lowest BCUT2D eigenvalue weighted by atomic mass is 10.2. The third-order valence-electron chi connectivity index (χ3n) is 5.00. The molecule has 0 spiro atoms. The summed E-state index contributed by atoms with van der Waals surface area (Å²) in [6.45, 7) is -0.195. The van der Waals surface area contributed by atoms with Crippen molar-refractivity contribution in [1.29, 1.82) is 0 Å². The van der Waals surface area contributed by atoms with Crippen LogP contribution in [0.5, 0.6) is 0 Å². The summed E-state index contributed by atoms with van der Waals surface area (Å²) in [4.78, 5) is 29.4. The zero-order valence-corrected chi connectivity index (χ0v) is 16.8. The molecule has 3 aromatic heterocycles. The van der Waals surface area contributed by atoms with Gasteiger partial charge in [-0.3, -0.25) is 4.79 Å². The van der Waals surface area contributed by atoms with Crippen LogP contribution in [0.25, 0.3) is 22.4 Å². The second-order valence-corrected chi connectivity index (χ2v) is 7.56. The highest BCUT2D eigenvalue weighted by atomic mass is 35.5. The first-order valence-electron chi connectivity index (χ1n) is 9.49. The van der Waals surface area contributed by atoms with Gasteiger partial charge in [0.1, 0.15) is 11.7 Å². The number of aromatic nitrogens is 4. The summed E-state index contributed by atoms with van der Waals surface area (Å²) < 4.78 is 51.6. The third-order valence-corrected chi connectivity index (χ3v) is 5.21. The van der Waals surface area contributed by atoms with E-state index in [0.717, 1.165) is 6.20 Å². The van der Waals surface area contributed by atoms with Crippen LogP contribution in [0.2, 0.25) is 5.02 Å². The van der Waals surface area contributed by atoms with Gasteiger partial charge in [0.2, 0.25) is 5.91 Å². The molecule has 0 bridgehead atoms. The van der Waals surface area contributed by atoms with E-state index in [-0.39, 0.29) is 11.6 Å². The first kappa shape index (κ1) is 21.3. The molecule has 1 amide bonds. The second kappa shape index (κ2) is 8.29. The van der Waals surface area contributed by atoms with Crippen molar-refractivity contribution in [2.45, 2.75) is 31.5 Å².